The van der Waals surface area contributed by atoms with Crippen molar-refractivity contribution in [2.75, 3.05) is 13.1 Å². The highest BCUT2D eigenvalue weighted by Gasteiger charge is 2.27. The van der Waals surface area contributed by atoms with Crippen LogP contribution in [0, 0.1) is 5.92 Å². The predicted octanol–water partition coefficient (Wildman–Crippen LogP) is 3.68. The third-order valence-electron chi connectivity index (χ3n) is 4.93. The van der Waals surface area contributed by atoms with E-state index in [4.69, 9.17) is 0 Å². The molecule has 0 aromatic heterocycles. The Kier molecular flexibility index (Phi) is 7.29. The highest BCUT2D eigenvalue weighted by Crippen LogP contribution is 2.23. The number of amides is 2. The molecule has 1 fully saturated rings. The molecule has 4 heteroatoms. The molecule has 1 aliphatic rings. The van der Waals surface area contributed by atoms with Crippen molar-refractivity contribution in [3.05, 3.63) is 35.9 Å². The quantitative estimate of drug-likeness (QED) is 0.775. The first kappa shape index (κ1) is 18.5. The topological polar surface area (TPSA) is 49.4 Å². The normalized spacial score (nSPS) is 16.7. The molecular weight excluding hydrogens is 300 g/mol. The lowest BCUT2D eigenvalue weighted by atomic mass is 9.94. The van der Waals surface area contributed by atoms with Crippen molar-refractivity contribution in [2.24, 2.45) is 5.92 Å². The van der Waals surface area contributed by atoms with Gasteiger partial charge in [-0.25, -0.2) is 0 Å². The molecule has 24 heavy (non-hydrogen) atoms. The van der Waals surface area contributed by atoms with Gasteiger partial charge >= 0.3 is 0 Å². The van der Waals surface area contributed by atoms with Crippen LogP contribution in [0.2, 0.25) is 0 Å². The van der Waals surface area contributed by atoms with Crippen molar-refractivity contribution >= 4 is 11.8 Å². The summed E-state index contributed by atoms with van der Waals surface area (Å²) in [6.07, 6.45) is 6.01. The number of rotatable bonds is 7. The number of carbonyl (C=O) groups excluding carboxylic acids is 2. The smallest absolute Gasteiger partial charge is 0.223 e. The molecule has 0 saturated carbocycles. The van der Waals surface area contributed by atoms with E-state index in [2.05, 4.69) is 24.4 Å². The van der Waals surface area contributed by atoms with Gasteiger partial charge in [-0.15, -0.1) is 0 Å². The van der Waals surface area contributed by atoms with Crippen molar-refractivity contribution in [2.45, 2.75) is 58.4 Å². The SMILES string of the molecule is CCCCC[C@@H](NC(=O)C1CCN(C(C)=O)CC1)c1ccccc1. The van der Waals surface area contributed by atoms with Gasteiger partial charge < -0.3 is 10.2 Å². The fourth-order valence-corrected chi connectivity index (χ4v) is 3.35. The number of benzene rings is 1. The maximum absolute atomic E-state index is 12.7. The van der Waals surface area contributed by atoms with Crippen molar-refractivity contribution in [3.8, 4) is 0 Å². The van der Waals surface area contributed by atoms with Crippen LogP contribution in [0.1, 0.15) is 64.0 Å². The Bertz CT molecular complexity index is 522. The first-order valence-electron chi connectivity index (χ1n) is 9.22. The summed E-state index contributed by atoms with van der Waals surface area (Å²) in [6.45, 7) is 5.18. The van der Waals surface area contributed by atoms with Crippen LogP contribution in [0.4, 0.5) is 0 Å². The zero-order chi connectivity index (χ0) is 17.4. The molecule has 1 N–H and O–H groups in total. The number of nitrogens with one attached hydrogen (secondary N) is 1. The number of piperidine rings is 1. The summed E-state index contributed by atoms with van der Waals surface area (Å²) in [7, 11) is 0. The van der Waals surface area contributed by atoms with Gasteiger partial charge in [-0.3, -0.25) is 9.59 Å². The zero-order valence-corrected chi connectivity index (χ0v) is 15.0. The maximum Gasteiger partial charge on any atom is 0.223 e. The molecular formula is C20H30N2O2. The van der Waals surface area contributed by atoms with E-state index in [0.717, 1.165) is 25.7 Å². The minimum Gasteiger partial charge on any atom is -0.349 e. The van der Waals surface area contributed by atoms with Gasteiger partial charge in [0, 0.05) is 25.9 Å². The van der Waals surface area contributed by atoms with Gasteiger partial charge in [0.25, 0.3) is 0 Å². The minimum absolute atomic E-state index is 0.0259. The monoisotopic (exact) mass is 330 g/mol. The zero-order valence-electron chi connectivity index (χ0n) is 15.0. The first-order chi connectivity index (χ1) is 11.6. The maximum atomic E-state index is 12.7. The summed E-state index contributed by atoms with van der Waals surface area (Å²) in [6, 6.07) is 10.3. The molecule has 1 aliphatic heterocycles. The number of hydrogen-bond donors (Lipinski definition) is 1. The summed E-state index contributed by atoms with van der Waals surface area (Å²) in [5, 5.41) is 3.26. The average Bonchev–Trinajstić information content (AvgIpc) is 2.61. The lowest BCUT2D eigenvalue weighted by Gasteiger charge is -2.31. The second-order valence-corrected chi connectivity index (χ2v) is 6.75. The van der Waals surface area contributed by atoms with Crippen LogP contribution < -0.4 is 5.32 Å². The Hall–Kier alpha value is -1.84. The highest BCUT2D eigenvalue weighted by atomic mass is 16.2. The number of likely N-dealkylation sites (tertiary alicyclic amines) is 1. The number of nitrogens with zero attached hydrogens (tertiary/aromatic N) is 1. The van der Waals surface area contributed by atoms with Gasteiger partial charge in [-0.05, 0) is 24.8 Å². The van der Waals surface area contributed by atoms with Gasteiger partial charge in [0.05, 0.1) is 6.04 Å². The third-order valence-corrected chi connectivity index (χ3v) is 4.93. The second kappa shape index (κ2) is 9.45. The Morgan fingerprint density at radius 3 is 2.42 bits per heavy atom. The van der Waals surface area contributed by atoms with Gasteiger partial charge in [-0.2, -0.15) is 0 Å². The van der Waals surface area contributed by atoms with Crippen molar-refractivity contribution in [1.29, 1.82) is 0 Å². The molecule has 4 nitrogen and oxygen atoms in total. The fraction of sp³-hybridized carbons (Fsp3) is 0.600. The summed E-state index contributed by atoms with van der Waals surface area (Å²) in [4.78, 5) is 25.9. The van der Waals surface area contributed by atoms with E-state index < -0.39 is 0 Å². The number of unbranched alkanes of at least 4 members (excludes halogenated alkanes) is 2. The molecule has 1 heterocycles. The molecule has 0 radical (unpaired) electrons. The fourth-order valence-electron chi connectivity index (χ4n) is 3.35. The van der Waals surface area contributed by atoms with Crippen LogP contribution >= 0.6 is 0 Å². The largest absolute Gasteiger partial charge is 0.349 e. The average molecular weight is 330 g/mol. The molecule has 0 unspecified atom stereocenters. The van der Waals surface area contributed by atoms with Gasteiger partial charge in [0.15, 0.2) is 0 Å². The summed E-state index contributed by atoms with van der Waals surface area (Å²) >= 11 is 0. The van der Waals surface area contributed by atoms with Crippen molar-refractivity contribution < 1.29 is 9.59 Å². The molecule has 1 aromatic rings. The van der Waals surface area contributed by atoms with E-state index in [1.165, 1.54) is 18.4 Å². The van der Waals surface area contributed by atoms with Crippen LogP contribution in [0.5, 0.6) is 0 Å². The Labute approximate surface area is 145 Å². The molecule has 2 amide bonds. The molecule has 1 aromatic carbocycles. The van der Waals surface area contributed by atoms with E-state index in [-0.39, 0.29) is 23.8 Å². The van der Waals surface area contributed by atoms with Crippen molar-refractivity contribution in [3.63, 3.8) is 0 Å². The molecule has 1 saturated heterocycles. The molecule has 0 aliphatic carbocycles. The third kappa shape index (κ3) is 5.36. The van der Waals surface area contributed by atoms with Gasteiger partial charge in [0.1, 0.15) is 0 Å². The minimum atomic E-state index is 0.0259. The molecule has 2 rings (SSSR count). The Balaban J connectivity index is 1.93. The van der Waals surface area contributed by atoms with Crippen LogP contribution in [-0.2, 0) is 9.59 Å². The second-order valence-electron chi connectivity index (χ2n) is 6.75. The van der Waals surface area contributed by atoms with Crippen LogP contribution in [0.15, 0.2) is 30.3 Å². The van der Waals surface area contributed by atoms with Crippen LogP contribution in [0.3, 0.4) is 0 Å². The lowest BCUT2D eigenvalue weighted by Crippen LogP contribution is -2.43. The molecule has 1 atom stereocenters. The van der Waals surface area contributed by atoms with Gasteiger partial charge in [0.2, 0.25) is 11.8 Å². The Morgan fingerprint density at radius 1 is 1.17 bits per heavy atom. The first-order valence-corrected chi connectivity index (χ1v) is 9.22. The standard InChI is InChI=1S/C20H30N2O2/c1-3-4-6-11-19(17-9-7-5-8-10-17)21-20(24)18-12-14-22(15-13-18)16(2)23/h5,7-10,18-19H,3-4,6,11-15H2,1-2H3,(H,21,24)/t19-/m1/s1. The van der Waals surface area contributed by atoms with E-state index in [1.54, 1.807) is 6.92 Å². The van der Waals surface area contributed by atoms with Crippen LogP contribution in [-0.4, -0.2) is 29.8 Å². The lowest BCUT2D eigenvalue weighted by molar-refractivity contribution is -0.134. The molecule has 0 spiro atoms. The number of carbonyl (C=O) groups is 2. The summed E-state index contributed by atoms with van der Waals surface area (Å²) in [5.74, 6) is 0.275. The van der Waals surface area contributed by atoms with E-state index >= 15 is 0 Å². The van der Waals surface area contributed by atoms with E-state index in [1.807, 2.05) is 23.1 Å². The van der Waals surface area contributed by atoms with E-state index in [9.17, 15) is 9.59 Å². The summed E-state index contributed by atoms with van der Waals surface area (Å²) in [5.41, 5.74) is 1.18. The highest BCUT2D eigenvalue weighted by molar-refractivity contribution is 5.80. The van der Waals surface area contributed by atoms with Crippen LogP contribution in [0.25, 0.3) is 0 Å². The number of hydrogen-bond acceptors (Lipinski definition) is 2. The van der Waals surface area contributed by atoms with E-state index in [0.29, 0.717) is 13.1 Å². The van der Waals surface area contributed by atoms with Gasteiger partial charge in [-0.1, -0.05) is 56.5 Å². The van der Waals surface area contributed by atoms with Crippen molar-refractivity contribution in [1.82, 2.24) is 10.2 Å². The molecule has 132 valence electrons. The summed E-state index contributed by atoms with van der Waals surface area (Å²) < 4.78 is 0. The Morgan fingerprint density at radius 2 is 1.83 bits per heavy atom. The predicted molar refractivity (Wildman–Crippen MR) is 96.4 cm³/mol. The molecule has 0 bridgehead atoms.